The molecule has 3 aromatic rings. The van der Waals surface area contributed by atoms with Crippen LogP contribution in [0.3, 0.4) is 0 Å². The number of aromatic nitrogens is 3. The molecule has 6 heterocycles. The van der Waals surface area contributed by atoms with Gasteiger partial charge in [0.15, 0.2) is 55.5 Å². The zero-order valence-corrected chi connectivity index (χ0v) is 31.9. The molecule has 0 aromatic carbocycles. The van der Waals surface area contributed by atoms with Gasteiger partial charge in [-0.3, -0.25) is 14.4 Å². The molecule has 6 rings (SSSR count). The Balaban J connectivity index is 0.000000417. The number of hydrogen-bond donors (Lipinski definition) is 12. The lowest BCUT2D eigenvalue weighted by Crippen LogP contribution is -3.00. The summed E-state index contributed by atoms with van der Waals surface area (Å²) < 4.78 is 20.3. The fourth-order valence-electron chi connectivity index (χ4n) is 5.77. The SMILES string of the molecule is NC(=O)c1ccc[n+]([C@@H]2O[C@H](CO)[C@@H](O)[C@H]2O)c1.NC(=O)c1ccc[n+]([C@@H]2O[C@H](CO)[C@@H](O)[C@H]2O)c1.NC(=O)c1ccc[n+]([C@H]2O[C@H](CO)[C@@H](O)[C@H]2O)c1.[Cl-].[Cl-].[Cl-]. The van der Waals surface area contributed by atoms with E-state index < -0.39 is 111 Å². The normalized spacial score (nSPS) is 29.8. The summed E-state index contributed by atoms with van der Waals surface area (Å²) in [5, 5.41) is 85.3. The highest BCUT2D eigenvalue weighted by Crippen LogP contribution is 2.27. The third-order valence-electron chi connectivity index (χ3n) is 8.75. The van der Waals surface area contributed by atoms with Gasteiger partial charge in [0, 0.05) is 18.2 Å². The van der Waals surface area contributed by atoms with E-state index in [0.29, 0.717) is 0 Å². The van der Waals surface area contributed by atoms with E-state index in [9.17, 15) is 45.0 Å². The van der Waals surface area contributed by atoms with Crippen LogP contribution < -0.4 is 68.1 Å². The van der Waals surface area contributed by atoms with Gasteiger partial charge in [-0.05, 0) is 18.2 Å². The number of ether oxygens (including phenoxy) is 3. The standard InChI is InChI=1S/3C11H14N2O5.3ClH/c3*12-10(17)6-2-1-3-13(4-6)11-9(16)8(15)7(5-14)18-11;;;/h3*1-4,7-9,11,14-16H,5H2,(H-,12,17);3*1H/t7-,8-,9-,11+;2*7-,8-,9-,11-;;;/m111.../s1. The minimum atomic E-state index is -1.18. The maximum absolute atomic E-state index is 11.1. The van der Waals surface area contributed by atoms with Crippen molar-refractivity contribution in [1.82, 2.24) is 0 Å². The van der Waals surface area contributed by atoms with Crippen molar-refractivity contribution in [2.45, 2.75) is 73.6 Å². The van der Waals surface area contributed by atoms with Crippen molar-refractivity contribution in [3.05, 3.63) is 90.3 Å². The van der Waals surface area contributed by atoms with Crippen LogP contribution in [0.1, 0.15) is 49.8 Å². The second-order valence-corrected chi connectivity index (χ2v) is 12.4. The monoisotopic (exact) mass is 870 g/mol. The van der Waals surface area contributed by atoms with Gasteiger partial charge in [0.2, 0.25) is 0 Å². The Labute approximate surface area is 343 Å². The number of carbonyl (C=O) groups is 3. The molecule has 24 heteroatoms. The molecular formula is C33H45Cl3N6O15. The van der Waals surface area contributed by atoms with Crippen molar-refractivity contribution < 1.29 is 125 Å². The maximum Gasteiger partial charge on any atom is 0.292 e. The average Bonchev–Trinajstić information content (AvgIpc) is 3.76. The van der Waals surface area contributed by atoms with Crippen LogP contribution in [0.2, 0.25) is 0 Å². The first-order chi connectivity index (χ1) is 25.6. The molecule has 0 spiro atoms. The van der Waals surface area contributed by atoms with E-state index in [1.165, 1.54) is 50.5 Å². The Bertz CT molecular complexity index is 1570. The first kappa shape index (κ1) is 51.3. The lowest BCUT2D eigenvalue weighted by atomic mass is 10.1. The fraction of sp³-hybridized carbons (Fsp3) is 0.455. The molecular weight excluding hydrogens is 827 g/mol. The number of aliphatic hydroxyl groups is 9. The average molecular weight is 872 g/mol. The van der Waals surface area contributed by atoms with E-state index in [4.69, 9.17) is 46.7 Å². The number of nitrogens with two attached hydrogens (primary N) is 3. The van der Waals surface area contributed by atoms with Gasteiger partial charge < -0.3 is 115 Å². The van der Waals surface area contributed by atoms with Gasteiger partial charge in [-0.1, -0.05) is 0 Å². The molecule has 57 heavy (non-hydrogen) atoms. The van der Waals surface area contributed by atoms with Crippen LogP contribution in [0.25, 0.3) is 0 Å². The molecule has 0 saturated carbocycles. The van der Waals surface area contributed by atoms with E-state index in [-0.39, 0.29) is 53.9 Å². The van der Waals surface area contributed by atoms with Gasteiger partial charge in [0.25, 0.3) is 36.4 Å². The maximum atomic E-state index is 11.1. The first-order valence-electron chi connectivity index (χ1n) is 16.4. The van der Waals surface area contributed by atoms with E-state index in [1.54, 1.807) is 36.8 Å². The molecule has 15 N–H and O–H groups in total. The van der Waals surface area contributed by atoms with Crippen LogP contribution >= 0.6 is 0 Å². The Morgan fingerprint density at radius 2 is 0.702 bits per heavy atom. The lowest BCUT2D eigenvalue weighted by Gasteiger charge is -2.09. The minimum Gasteiger partial charge on any atom is -1.00 e. The van der Waals surface area contributed by atoms with Gasteiger partial charge in [0.05, 0.1) is 19.8 Å². The van der Waals surface area contributed by atoms with Gasteiger partial charge in [0.1, 0.15) is 53.3 Å². The molecule has 0 bridgehead atoms. The van der Waals surface area contributed by atoms with Crippen molar-refractivity contribution in [1.29, 1.82) is 0 Å². The highest BCUT2D eigenvalue weighted by molar-refractivity contribution is 5.92. The highest BCUT2D eigenvalue weighted by Gasteiger charge is 2.50. The van der Waals surface area contributed by atoms with Crippen LogP contribution in [-0.2, 0) is 14.2 Å². The molecule has 3 aliphatic heterocycles. The number of primary amides is 3. The van der Waals surface area contributed by atoms with Gasteiger partial charge in [-0.2, -0.15) is 13.7 Å². The van der Waals surface area contributed by atoms with E-state index >= 15 is 0 Å². The van der Waals surface area contributed by atoms with Crippen molar-refractivity contribution in [3.8, 4) is 0 Å². The number of aliphatic hydroxyl groups excluding tert-OH is 9. The third-order valence-corrected chi connectivity index (χ3v) is 8.75. The molecule has 3 aliphatic rings. The van der Waals surface area contributed by atoms with Gasteiger partial charge in [-0.25, -0.2) is 0 Å². The largest absolute Gasteiger partial charge is 1.00 e. The van der Waals surface area contributed by atoms with Crippen LogP contribution in [0.15, 0.2) is 73.6 Å². The summed E-state index contributed by atoms with van der Waals surface area (Å²) in [6.45, 7) is -1.19. The molecule has 0 aliphatic carbocycles. The predicted molar refractivity (Wildman–Crippen MR) is 174 cm³/mol. The minimum absolute atomic E-state index is 0. The topological polar surface area (TPSA) is 351 Å². The lowest BCUT2D eigenvalue weighted by molar-refractivity contribution is -0.766. The van der Waals surface area contributed by atoms with Gasteiger partial charge >= 0.3 is 0 Å². The predicted octanol–water partition coefficient (Wildman–Crippen LogP) is -15.9. The van der Waals surface area contributed by atoms with Crippen LogP contribution in [0.4, 0.5) is 0 Å². The Morgan fingerprint density at radius 1 is 0.474 bits per heavy atom. The molecule has 0 radical (unpaired) electrons. The van der Waals surface area contributed by atoms with E-state index in [2.05, 4.69) is 0 Å². The first-order valence-corrected chi connectivity index (χ1v) is 16.4. The van der Waals surface area contributed by atoms with Crippen molar-refractivity contribution in [2.24, 2.45) is 17.2 Å². The molecule has 3 amide bonds. The molecule has 318 valence electrons. The zero-order valence-electron chi connectivity index (χ0n) is 29.7. The third kappa shape index (κ3) is 12.1. The molecule has 3 saturated heterocycles. The Morgan fingerprint density at radius 3 is 0.877 bits per heavy atom. The van der Waals surface area contributed by atoms with Crippen LogP contribution in [0, 0.1) is 0 Å². The number of hydrogen-bond acceptors (Lipinski definition) is 15. The fourth-order valence-corrected chi connectivity index (χ4v) is 5.77. The summed E-state index contributed by atoms with van der Waals surface area (Å²) in [5.41, 5.74) is 16.2. The number of nitrogens with zero attached hydrogens (tertiary/aromatic N) is 3. The summed E-state index contributed by atoms with van der Waals surface area (Å²) in [6.07, 6.45) is -3.25. The van der Waals surface area contributed by atoms with Crippen LogP contribution in [-0.4, -0.2) is 138 Å². The number of halogens is 3. The summed E-state index contributed by atoms with van der Waals surface area (Å²) >= 11 is 0. The van der Waals surface area contributed by atoms with Crippen molar-refractivity contribution in [2.75, 3.05) is 19.8 Å². The number of pyridine rings is 3. The summed E-state index contributed by atoms with van der Waals surface area (Å²) in [7, 11) is 0. The zero-order chi connectivity index (χ0) is 39.9. The smallest absolute Gasteiger partial charge is 0.292 e. The summed E-state index contributed by atoms with van der Waals surface area (Å²) in [4.78, 5) is 33.2. The van der Waals surface area contributed by atoms with Crippen molar-refractivity contribution in [3.63, 3.8) is 0 Å². The summed E-state index contributed by atoms with van der Waals surface area (Å²) in [6, 6.07) is 9.32. The highest BCUT2D eigenvalue weighted by atomic mass is 35.5. The Hall–Kier alpha value is -3.75. The second kappa shape index (κ2) is 23.0. The second-order valence-electron chi connectivity index (χ2n) is 12.4. The number of carbonyl (C=O) groups excluding carboxylic acids is 3. The van der Waals surface area contributed by atoms with Gasteiger partial charge in [-0.15, -0.1) is 0 Å². The van der Waals surface area contributed by atoms with E-state index in [0.717, 1.165) is 0 Å². The quantitative estimate of drug-likeness (QED) is 0.0889. The molecule has 0 unspecified atom stereocenters. The van der Waals surface area contributed by atoms with Crippen molar-refractivity contribution >= 4 is 17.7 Å². The summed E-state index contributed by atoms with van der Waals surface area (Å²) in [5.74, 6) is -1.80. The Kier molecular flexibility index (Phi) is 20.7. The van der Waals surface area contributed by atoms with E-state index in [1.807, 2.05) is 0 Å². The number of amides is 3. The molecule has 12 atom stereocenters. The molecule has 3 aromatic heterocycles. The van der Waals surface area contributed by atoms with Crippen LogP contribution in [0.5, 0.6) is 0 Å². The number of rotatable bonds is 9. The molecule has 3 fully saturated rings. The molecule has 21 nitrogen and oxygen atoms in total.